The van der Waals surface area contributed by atoms with E-state index in [0.29, 0.717) is 10.0 Å². The highest BCUT2D eigenvalue weighted by Crippen LogP contribution is 2.22. The van der Waals surface area contributed by atoms with E-state index in [0.717, 1.165) is 10.7 Å². The van der Waals surface area contributed by atoms with Gasteiger partial charge >= 0.3 is 0 Å². The number of aryl methyl sites for hydroxylation is 1. The van der Waals surface area contributed by atoms with Gasteiger partial charge in [0.15, 0.2) is 0 Å². The molecule has 0 radical (unpaired) electrons. The lowest BCUT2D eigenvalue weighted by molar-refractivity contribution is 0.102. The summed E-state index contributed by atoms with van der Waals surface area (Å²) in [6.07, 6.45) is 0. The van der Waals surface area contributed by atoms with Crippen molar-refractivity contribution in [2.75, 3.05) is 5.32 Å². The summed E-state index contributed by atoms with van der Waals surface area (Å²) in [7, 11) is 0. The molecule has 3 rings (SSSR count). The monoisotopic (exact) mass is 326 g/mol. The molecule has 0 bridgehead atoms. The molecule has 5 nitrogen and oxygen atoms in total. The second-order valence-electron chi connectivity index (χ2n) is 4.09. The molecular weight excluding hydrogens is 319 g/mol. The zero-order valence-corrected chi connectivity index (χ0v) is 12.6. The molecule has 0 aliphatic heterocycles. The fraction of sp³-hybridized carbons (Fsp3) is 0.0833. The van der Waals surface area contributed by atoms with Gasteiger partial charge in [0.25, 0.3) is 11.9 Å². The van der Waals surface area contributed by atoms with E-state index in [2.05, 4.69) is 15.4 Å². The van der Waals surface area contributed by atoms with Crippen LogP contribution in [-0.4, -0.2) is 20.5 Å². The maximum Gasteiger partial charge on any atom is 0.259 e. The van der Waals surface area contributed by atoms with E-state index >= 15 is 0 Å². The minimum absolute atomic E-state index is 0.237. The van der Waals surface area contributed by atoms with Gasteiger partial charge < -0.3 is 0 Å². The smallest absolute Gasteiger partial charge is 0.259 e. The standard InChI is InChI=1S/C12H8Cl2N4OS/c1-6-5-20-12-16-11(17-18(6)12)15-10(19)8-4-7(13)2-3-9(8)14/h2-5H,1H3,(H,15,17,19). The van der Waals surface area contributed by atoms with Crippen LogP contribution in [0.3, 0.4) is 0 Å². The number of benzene rings is 1. The SMILES string of the molecule is Cc1csc2nc(NC(=O)c3cc(Cl)ccc3Cl)nn12. The minimum atomic E-state index is -0.395. The molecule has 102 valence electrons. The second kappa shape index (κ2) is 5.05. The summed E-state index contributed by atoms with van der Waals surface area (Å²) in [6.45, 7) is 1.91. The normalized spacial score (nSPS) is 10.9. The van der Waals surface area contributed by atoms with E-state index in [9.17, 15) is 4.79 Å². The van der Waals surface area contributed by atoms with Crippen molar-refractivity contribution < 1.29 is 4.79 Å². The fourth-order valence-corrected chi connectivity index (χ4v) is 2.86. The summed E-state index contributed by atoms with van der Waals surface area (Å²) >= 11 is 13.3. The summed E-state index contributed by atoms with van der Waals surface area (Å²) < 4.78 is 1.67. The molecular formula is C12H8Cl2N4OS. The van der Waals surface area contributed by atoms with E-state index < -0.39 is 5.91 Å². The van der Waals surface area contributed by atoms with Crippen LogP contribution in [0.15, 0.2) is 23.6 Å². The Kier molecular flexibility index (Phi) is 3.37. The van der Waals surface area contributed by atoms with Crippen LogP contribution in [0, 0.1) is 6.92 Å². The molecule has 20 heavy (non-hydrogen) atoms. The molecule has 1 amide bonds. The first-order valence-corrected chi connectivity index (χ1v) is 7.25. The second-order valence-corrected chi connectivity index (χ2v) is 5.77. The number of halogens is 2. The third kappa shape index (κ3) is 2.37. The molecule has 0 saturated heterocycles. The predicted molar refractivity (Wildman–Crippen MR) is 80.0 cm³/mol. The molecule has 2 aromatic heterocycles. The number of rotatable bonds is 2. The number of thiazole rings is 1. The van der Waals surface area contributed by atoms with Crippen LogP contribution in [0.1, 0.15) is 16.1 Å². The minimum Gasteiger partial charge on any atom is -0.289 e. The Labute approximate surface area is 128 Å². The number of fused-ring (bicyclic) bond motifs is 1. The Balaban J connectivity index is 1.90. The van der Waals surface area contributed by atoms with Crippen LogP contribution < -0.4 is 5.32 Å². The highest BCUT2D eigenvalue weighted by molar-refractivity contribution is 7.15. The van der Waals surface area contributed by atoms with Crippen molar-refractivity contribution in [2.24, 2.45) is 0 Å². The van der Waals surface area contributed by atoms with E-state index in [1.807, 2.05) is 12.3 Å². The summed E-state index contributed by atoms with van der Waals surface area (Å²) in [5.41, 5.74) is 1.24. The maximum absolute atomic E-state index is 12.1. The van der Waals surface area contributed by atoms with E-state index in [4.69, 9.17) is 23.2 Å². The van der Waals surface area contributed by atoms with Crippen molar-refractivity contribution in [2.45, 2.75) is 6.92 Å². The van der Waals surface area contributed by atoms with Gasteiger partial charge in [0.1, 0.15) is 0 Å². The third-order valence-corrected chi connectivity index (χ3v) is 4.14. The largest absolute Gasteiger partial charge is 0.289 e. The Morgan fingerprint density at radius 2 is 2.20 bits per heavy atom. The van der Waals surface area contributed by atoms with Gasteiger partial charge in [0, 0.05) is 10.4 Å². The quantitative estimate of drug-likeness (QED) is 0.781. The van der Waals surface area contributed by atoms with Crippen LogP contribution in [0.4, 0.5) is 5.95 Å². The molecule has 0 atom stereocenters. The first-order valence-electron chi connectivity index (χ1n) is 5.62. The van der Waals surface area contributed by atoms with Crippen LogP contribution in [0.5, 0.6) is 0 Å². The summed E-state index contributed by atoms with van der Waals surface area (Å²) in [5, 5.41) is 9.51. The molecule has 0 aliphatic rings. The average Bonchev–Trinajstić information content (AvgIpc) is 2.95. The van der Waals surface area contributed by atoms with Gasteiger partial charge in [-0.25, -0.2) is 4.52 Å². The lowest BCUT2D eigenvalue weighted by Crippen LogP contribution is -2.13. The summed E-state index contributed by atoms with van der Waals surface area (Å²) in [5.74, 6) is -0.158. The zero-order chi connectivity index (χ0) is 14.3. The number of hydrogen-bond acceptors (Lipinski definition) is 4. The molecule has 2 heterocycles. The summed E-state index contributed by atoms with van der Waals surface area (Å²) in [4.78, 5) is 17.1. The van der Waals surface area contributed by atoms with Gasteiger partial charge in [-0.1, -0.05) is 23.2 Å². The average molecular weight is 327 g/mol. The van der Waals surface area contributed by atoms with Crippen molar-refractivity contribution in [1.29, 1.82) is 0 Å². The zero-order valence-electron chi connectivity index (χ0n) is 10.2. The predicted octanol–water partition coefficient (Wildman–Crippen LogP) is 3.66. The maximum atomic E-state index is 12.1. The molecule has 1 N–H and O–H groups in total. The van der Waals surface area contributed by atoms with Crippen molar-refractivity contribution in [3.63, 3.8) is 0 Å². The van der Waals surface area contributed by atoms with Crippen molar-refractivity contribution in [3.8, 4) is 0 Å². The number of anilines is 1. The molecule has 8 heteroatoms. The van der Waals surface area contributed by atoms with E-state index in [1.54, 1.807) is 16.6 Å². The number of hydrogen-bond donors (Lipinski definition) is 1. The number of carbonyl (C=O) groups excluding carboxylic acids is 1. The van der Waals surface area contributed by atoms with Gasteiger partial charge in [0.2, 0.25) is 4.96 Å². The highest BCUT2D eigenvalue weighted by atomic mass is 35.5. The van der Waals surface area contributed by atoms with E-state index in [-0.39, 0.29) is 11.5 Å². The molecule has 0 saturated carbocycles. The van der Waals surface area contributed by atoms with Gasteiger partial charge in [-0.2, -0.15) is 4.98 Å². The van der Waals surface area contributed by atoms with Crippen LogP contribution >= 0.6 is 34.5 Å². The van der Waals surface area contributed by atoms with Crippen molar-refractivity contribution in [1.82, 2.24) is 14.6 Å². The van der Waals surface area contributed by atoms with Crippen LogP contribution in [0.25, 0.3) is 4.96 Å². The fourth-order valence-electron chi connectivity index (χ4n) is 1.69. The van der Waals surface area contributed by atoms with Crippen molar-refractivity contribution in [3.05, 3.63) is 44.9 Å². The third-order valence-electron chi connectivity index (χ3n) is 2.64. The molecule has 0 fully saturated rings. The topological polar surface area (TPSA) is 59.3 Å². The lowest BCUT2D eigenvalue weighted by Gasteiger charge is -2.03. The van der Waals surface area contributed by atoms with Gasteiger partial charge in [-0.3, -0.25) is 10.1 Å². The van der Waals surface area contributed by atoms with Gasteiger partial charge in [0.05, 0.1) is 16.3 Å². The van der Waals surface area contributed by atoms with Crippen molar-refractivity contribution >= 4 is 51.4 Å². The van der Waals surface area contributed by atoms with Gasteiger partial charge in [-0.05, 0) is 25.1 Å². The number of nitrogens with zero attached hydrogens (tertiary/aromatic N) is 3. The molecule has 0 spiro atoms. The molecule has 0 unspecified atom stereocenters. The molecule has 0 aliphatic carbocycles. The number of aromatic nitrogens is 3. The highest BCUT2D eigenvalue weighted by Gasteiger charge is 2.14. The van der Waals surface area contributed by atoms with E-state index in [1.165, 1.54) is 17.4 Å². The Bertz CT molecular complexity index is 811. The first kappa shape index (κ1) is 13.4. The lowest BCUT2D eigenvalue weighted by atomic mass is 10.2. The number of carbonyl (C=O) groups is 1. The molecule has 1 aromatic carbocycles. The van der Waals surface area contributed by atoms with Crippen LogP contribution in [0.2, 0.25) is 10.0 Å². The number of nitrogens with one attached hydrogen (secondary N) is 1. The summed E-state index contributed by atoms with van der Waals surface area (Å²) in [6, 6.07) is 4.69. The molecule has 3 aromatic rings. The van der Waals surface area contributed by atoms with Crippen LogP contribution in [-0.2, 0) is 0 Å². The Morgan fingerprint density at radius 3 is 2.95 bits per heavy atom. The Hall–Kier alpha value is -1.63. The Morgan fingerprint density at radius 1 is 1.40 bits per heavy atom. The first-order chi connectivity index (χ1) is 9.54. The van der Waals surface area contributed by atoms with Gasteiger partial charge in [-0.15, -0.1) is 16.4 Å². The number of amides is 1.